The number of hydrogen-bond donors (Lipinski definition) is 3. The van der Waals surface area contributed by atoms with Gasteiger partial charge in [0.05, 0.1) is 6.61 Å². The Morgan fingerprint density at radius 3 is 2.22 bits per heavy atom. The van der Waals surface area contributed by atoms with Gasteiger partial charge in [-0.25, -0.2) is 0 Å². The molecule has 0 fully saturated rings. The molecule has 108 valence electrons. The molecule has 0 aliphatic carbocycles. The van der Waals surface area contributed by atoms with Crippen molar-refractivity contribution < 1.29 is 5.11 Å². The van der Waals surface area contributed by atoms with Crippen LogP contribution in [0.15, 0.2) is 4.99 Å². The fourth-order valence-corrected chi connectivity index (χ4v) is 1.78. The van der Waals surface area contributed by atoms with Gasteiger partial charge in [0.1, 0.15) is 0 Å². The SMILES string of the molecule is CCCCCCCCCN=C(NCC)NCCO. The Kier molecular flexibility index (Phi) is 13.7. The van der Waals surface area contributed by atoms with Crippen LogP contribution in [0.3, 0.4) is 0 Å². The van der Waals surface area contributed by atoms with E-state index in [2.05, 4.69) is 22.5 Å². The van der Waals surface area contributed by atoms with Crippen molar-refractivity contribution in [2.75, 3.05) is 26.2 Å². The lowest BCUT2D eigenvalue weighted by molar-refractivity contribution is 0.300. The number of unbranched alkanes of at least 4 members (excludes halogenated alkanes) is 6. The normalized spacial score (nSPS) is 11.6. The zero-order valence-corrected chi connectivity index (χ0v) is 12.2. The molecule has 0 aromatic rings. The van der Waals surface area contributed by atoms with Crippen molar-refractivity contribution in [3.63, 3.8) is 0 Å². The van der Waals surface area contributed by atoms with E-state index in [-0.39, 0.29) is 6.61 Å². The van der Waals surface area contributed by atoms with Gasteiger partial charge in [0.15, 0.2) is 5.96 Å². The highest BCUT2D eigenvalue weighted by atomic mass is 16.3. The molecular formula is C14H31N3O. The van der Waals surface area contributed by atoms with Crippen LogP contribution in [0.25, 0.3) is 0 Å². The Hall–Kier alpha value is -0.770. The lowest BCUT2D eigenvalue weighted by Crippen LogP contribution is -2.38. The first-order valence-corrected chi connectivity index (χ1v) is 7.48. The molecule has 3 N–H and O–H groups in total. The van der Waals surface area contributed by atoms with Crippen LogP contribution in [0, 0.1) is 0 Å². The van der Waals surface area contributed by atoms with Gasteiger partial charge in [0.25, 0.3) is 0 Å². The molecule has 0 aliphatic rings. The predicted octanol–water partition coefficient (Wildman–Crippen LogP) is 2.28. The van der Waals surface area contributed by atoms with E-state index in [1.165, 1.54) is 38.5 Å². The Morgan fingerprint density at radius 1 is 0.944 bits per heavy atom. The highest BCUT2D eigenvalue weighted by Crippen LogP contribution is 2.06. The zero-order valence-electron chi connectivity index (χ0n) is 12.2. The third-order valence-corrected chi connectivity index (χ3v) is 2.78. The van der Waals surface area contributed by atoms with Crippen LogP contribution in [0.2, 0.25) is 0 Å². The Morgan fingerprint density at radius 2 is 1.61 bits per heavy atom. The topological polar surface area (TPSA) is 56.7 Å². The maximum atomic E-state index is 8.75. The number of nitrogens with one attached hydrogen (secondary N) is 2. The molecule has 4 heteroatoms. The van der Waals surface area contributed by atoms with Crippen LogP contribution in [-0.2, 0) is 0 Å². The summed E-state index contributed by atoms with van der Waals surface area (Å²) in [5, 5.41) is 15.0. The molecule has 0 rings (SSSR count). The average Bonchev–Trinajstić information content (AvgIpc) is 2.39. The van der Waals surface area contributed by atoms with Crippen molar-refractivity contribution in [2.24, 2.45) is 4.99 Å². The highest BCUT2D eigenvalue weighted by Gasteiger charge is 1.95. The summed E-state index contributed by atoms with van der Waals surface area (Å²) in [5.41, 5.74) is 0. The number of hydrogen-bond acceptors (Lipinski definition) is 2. The molecular weight excluding hydrogens is 226 g/mol. The monoisotopic (exact) mass is 257 g/mol. The van der Waals surface area contributed by atoms with Gasteiger partial charge in [-0.3, -0.25) is 4.99 Å². The van der Waals surface area contributed by atoms with Crippen molar-refractivity contribution in [1.29, 1.82) is 0 Å². The smallest absolute Gasteiger partial charge is 0.191 e. The Bertz CT molecular complexity index is 195. The average molecular weight is 257 g/mol. The first-order valence-electron chi connectivity index (χ1n) is 7.48. The van der Waals surface area contributed by atoms with E-state index in [4.69, 9.17) is 5.11 Å². The van der Waals surface area contributed by atoms with Gasteiger partial charge in [0, 0.05) is 19.6 Å². The molecule has 0 saturated heterocycles. The second-order valence-electron chi connectivity index (χ2n) is 4.53. The van der Waals surface area contributed by atoms with Gasteiger partial charge in [-0.05, 0) is 13.3 Å². The minimum atomic E-state index is 0.141. The van der Waals surface area contributed by atoms with Crippen LogP contribution in [0.4, 0.5) is 0 Å². The van der Waals surface area contributed by atoms with Gasteiger partial charge in [0.2, 0.25) is 0 Å². The highest BCUT2D eigenvalue weighted by molar-refractivity contribution is 5.79. The molecule has 0 bridgehead atoms. The number of aliphatic hydroxyl groups is 1. The van der Waals surface area contributed by atoms with Gasteiger partial charge in [-0.15, -0.1) is 0 Å². The molecule has 0 saturated carbocycles. The fraction of sp³-hybridized carbons (Fsp3) is 0.929. The minimum Gasteiger partial charge on any atom is -0.395 e. The molecule has 0 aromatic carbocycles. The molecule has 0 unspecified atom stereocenters. The first kappa shape index (κ1) is 17.2. The molecule has 4 nitrogen and oxygen atoms in total. The van der Waals surface area contributed by atoms with Crippen molar-refractivity contribution in [3.8, 4) is 0 Å². The van der Waals surface area contributed by atoms with Crippen LogP contribution in [0.5, 0.6) is 0 Å². The second kappa shape index (κ2) is 14.3. The number of rotatable bonds is 11. The van der Waals surface area contributed by atoms with E-state index in [0.29, 0.717) is 6.54 Å². The largest absolute Gasteiger partial charge is 0.395 e. The number of aliphatic imine (C=N–C) groups is 1. The Balaban J connectivity index is 3.49. The summed E-state index contributed by atoms with van der Waals surface area (Å²) in [4.78, 5) is 4.47. The summed E-state index contributed by atoms with van der Waals surface area (Å²) >= 11 is 0. The maximum absolute atomic E-state index is 8.75. The van der Waals surface area contributed by atoms with Crippen LogP contribution < -0.4 is 10.6 Å². The van der Waals surface area contributed by atoms with Crippen molar-refractivity contribution in [1.82, 2.24) is 10.6 Å². The van der Waals surface area contributed by atoms with E-state index in [1.54, 1.807) is 0 Å². The Labute approximate surface area is 112 Å². The predicted molar refractivity (Wildman–Crippen MR) is 79.1 cm³/mol. The zero-order chi connectivity index (χ0) is 13.5. The van der Waals surface area contributed by atoms with Crippen molar-refractivity contribution in [3.05, 3.63) is 0 Å². The van der Waals surface area contributed by atoms with Crippen LogP contribution in [0.1, 0.15) is 58.8 Å². The third kappa shape index (κ3) is 11.7. The van der Waals surface area contributed by atoms with Crippen LogP contribution >= 0.6 is 0 Å². The molecule has 0 heterocycles. The molecule has 0 aliphatic heterocycles. The summed E-state index contributed by atoms with van der Waals surface area (Å²) in [6.45, 7) is 6.72. The maximum Gasteiger partial charge on any atom is 0.191 e. The number of guanidine groups is 1. The molecule has 0 atom stereocenters. The number of aliphatic hydroxyl groups excluding tert-OH is 1. The first-order chi connectivity index (χ1) is 8.85. The van der Waals surface area contributed by atoms with E-state index in [9.17, 15) is 0 Å². The quantitative estimate of drug-likeness (QED) is 0.302. The summed E-state index contributed by atoms with van der Waals surface area (Å²) in [6, 6.07) is 0. The molecule has 0 spiro atoms. The third-order valence-electron chi connectivity index (χ3n) is 2.78. The fourth-order valence-electron chi connectivity index (χ4n) is 1.78. The summed E-state index contributed by atoms with van der Waals surface area (Å²) < 4.78 is 0. The van der Waals surface area contributed by atoms with Crippen molar-refractivity contribution >= 4 is 5.96 Å². The van der Waals surface area contributed by atoms with Gasteiger partial charge >= 0.3 is 0 Å². The number of nitrogens with zero attached hydrogens (tertiary/aromatic N) is 1. The van der Waals surface area contributed by atoms with Gasteiger partial charge in [-0.2, -0.15) is 0 Å². The lowest BCUT2D eigenvalue weighted by Gasteiger charge is -2.09. The minimum absolute atomic E-state index is 0.141. The molecule has 0 amide bonds. The second-order valence-corrected chi connectivity index (χ2v) is 4.53. The molecule has 0 aromatic heterocycles. The van der Waals surface area contributed by atoms with E-state index in [0.717, 1.165) is 25.5 Å². The van der Waals surface area contributed by atoms with Crippen molar-refractivity contribution in [2.45, 2.75) is 58.8 Å². The molecule has 0 radical (unpaired) electrons. The van der Waals surface area contributed by atoms with Crippen LogP contribution in [-0.4, -0.2) is 37.3 Å². The summed E-state index contributed by atoms with van der Waals surface area (Å²) in [7, 11) is 0. The van der Waals surface area contributed by atoms with E-state index < -0.39 is 0 Å². The van der Waals surface area contributed by atoms with Gasteiger partial charge in [-0.1, -0.05) is 45.4 Å². The summed E-state index contributed by atoms with van der Waals surface area (Å²) in [6.07, 6.45) is 9.17. The van der Waals surface area contributed by atoms with E-state index >= 15 is 0 Å². The lowest BCUT2D eigenvalue weighted by atomic mass is 10.1. The standard InChI is InChI=1S/C14H31N3O/c1-3-5-6-7-8-9-10-11-16-14(15-4-2)17-12-13-18/h18H,3-13H2,1-2H3,(H2,15,16,17). The summed E-state index contributed by atoms with van der Waals surface area (Å²) in [5.74, 6) is 0.817. The molecule has 18 heavy (non-hydrogen) atoms. The van der Waals surface area contributed by atoms with E-state index in [1.807, 2.05) is 6.92 Å². The van der Waals surface area contributed by atoms with Gasteiger partial charge < -0.3 is 15.7 Å².